The fraction of sp³-hybridized carbons (Fsp3) is 0.333. The van der Waals surface area contributed by atoms with Gasteiger partial charge in [0.15, 0.2) is 5.82 Å². The van der Waals surface area contributed by atoms with Crippen LogP contribution in [-0.4, -0.2) is 60.1 Å². The normalized spacial score (nSPS) is 18.1. The lowest BCUT2D eigenvalue weighted by molar-refractivity contribution is -0.123. The van der Waals surface area contributed by atoms with Gasteiger partial charge in [0.05, 0.1) is 53.7 Å². The number of nitrogens with one attached hydrogen (secondary N) is 2. The van der Waals surface area contributed by atoms with E-state index in [4.69, 9.17) is 16.6 Å². The van der Waals surface area contributed by atoms with Gasteiger partial charge >= 0.3 is 0 Å². The number of nitrogens with zero attached hydrogens (tertiary/aromatic N) is 7. The number of rotatable bonds is 14. The van der Waals surface area contributed by atoms with Crippen LogP contribution in [0, 0.1) is 24.5 Å². The summed E-state index contributed by atoms with van der Waals surface area (Å²) in [6.45, 7) is -0.417. The first-order valence-corrected chi connectivity index (χ1v) is 23.0. The van der Waals surface area contributed by atoms with E-state index in [9.17, 15) is 39.6 Å². The molecule has 2 N–H and O–H groups in total. The number of anilines is 1. The third-order valence-corrected chi connectivity index (χ3v) is 14.9. The van der Waals surface area contributed by atoms with Gasteiger partial charge in [-0.05, 0) is 79.6 Å². The zero-order valence-electron chi connectivity index (χ0n) is 33.9. The second-order valence-electron chi connectivity index (χ2n) is 16.4. The van der Waals surface area contributed by atoms with Crippen molar-refractivity contribution in [1.29, 1.82) is 0 Å². The third kappa shape index (κ3) is 7.66. The van der Waals surface area contributed by atoms with E-state index in [0.717, 1.165) is 21.4 Å². The van der Waals surface area contributed by atoms with E-state index < -0.39 is 118 Å². The Labute approximate surface area is 376 Å². The van der Waals surface area contributed by atoms with Crippen LogP contribution in [0.1, 0.15) is 71.0 Å². The van der Waals surface area contributed by atoms with Crippen LogP contribution in [0.15, 0.2) is 59.5 Å². The number of benzene rings is 3. The van der Waals surface area contributed by atoms with Gasteiger partial charge in [0.1, 0.15) is 41.9 Å². The number of aryl methyl sites for hydroxylation is 1. The molecule has 0 bridgehead atoms. The number of carbonyl (C=O) groups excluding carboxylic acids is 1. The highest BCUT2D eigenvalue weighted by Gasteiger charge is 2.67. The highest BCUT2D eigenvalue weighted by Crippen LogP contribution is 2.68. The average Bonchev–Trinajstić information content (AvgIpc) is 4.12. The number of fused-ring (bicyclic) bond motifs is 5. The van der Waals surface area contributed by atoms with Crippen molar-refractivity contribution in [1.82, 2.24) is 39.4 Å². The number of hydrogen-bond acceptors (Lipinski definition) is 9. The average molecular weight is 978 g/mol. The number of carbonyl (C=O) groups is 1. The van der Waals surface area contributed by atoms with Gasteiger partial charge in [0.25, 0.3) is 24.3 Å². The summed E-state index contributed by atoms with van der Waals surface area (Å²) in [5, 5.41) is 10.0. The van der Waals surface area contributed by atoms with Crippen molar-refractivity contribution in [3.8, 4) is 16.1 Å². The molecule has 1 amide bonds. The van der Waals surface area contributed by atoms with Crippen molar-refractivity contribution in [2.24, 2.45) is 5.92 Å². The molecule has 0 aliphatic heterocycles. The van der Waals surface area contributed by atoms with Crippen LogP contribution in [0.3, 0.4) is 0 Å². The smallest absolute Gasteiger partial charge is 0.293 e. The minimum atomic E-state index is -4.08. The molecular weight excluding hydrogens is 946 g/mol. The van der Waals surface area contributed by atoms with Crippen molar-refractivity contribution >= 4 is 66.5 Å². The van der Waals surface area contributed by atoms with Crippen LogP contribution in [0.2, 0.25) is 5.02 Å². The lowest BCUT2D eigenvalue weighted by atomic mass is 10.0. The van der Waals surface area contributed by atoms with E-state index in [1.165, 1.54) is 35.6 Å². The maximum Gasteiger partial charge on any atom is 0.293 e. The first-order valence-electron chi connectivity index (χ1n) is 20.3. The van der Waals surface area contributed by atoms with Gasteiger partial charge in [0, 0.05) is 30.2 Å². The second kappa shape index (κ2) is 15.9. The molecule has 3 aliphatic carbocycles. The van der Waals surface area contributed by atoms with Gasteiger partial charge in [-0.25, -0.2) is 44.7 Å². The Morgan fingerprint density at radius 1 is 1.02 bits per heavy atom. The molecule has 66 heavy (non-hydrogen) atoms. The Hall–Kier alpha value is -5.94. The molecule has 0 spiro atoms. The number of amides is 1. The van der Waals surface area contributed by atoms with E-state index in [0.29, 0.717) is 39.0 Å². The number of sulfonamides is 1. The Balaban J connectivity index is 1.19. The highest BCUT2D eigenvalue weighted by atomic mass is 35.5. The maximum atomic E-state index is 15.6. The van der Waals surface area contributed by atoms with Crippen LogP contribution in [0.5, 0.6) is 0 Å². The van der Waals surface area contributed by atoms with Crippen molar-refractivity contribution in [3.63, 3.8) is 0 Å². The highest BCUT2D eigenvalue weighted by molar-refractivity contribution is 7.93. The summed E-state index contributed by atoms with van der Waals surface area (Å²) in [6, 6.07) is 7.85. The summed E-state index contributed by atoms with van der Waals surface area (Å²) in [6.07, 6.45) is -4.69. The van der Waals surface area contributed by atoms with Gasteiger partial charge in [-0.1, -0.05) is 17.7 Å². The van der Waals surface area contributed by atoms with Gasteiger partial charge in [-0.2, -0.15) is 19.0 Å². The lowest BCUT2D eigenvalue weighted by Crippen LogP contribution is -2.38. The van der Waals surface area contributed by atoms with E-state index in [1.54, 1.807) is 19.2 Å². The van der Waals surface area contributed by atoms with Gasteiger partial charge in [-0.15, -0.1) is 11.3 Å². The minimum absolute atomic E-state index is 0.00833. The van der Waals surface area contributed by atoms with Crippen molar-refractivity contribution in [2.75, 3.05) is 4.72 Å². The molecule has 2 saturated carbocycles. The zero-order valence-corrected chi connectivity index (χ0v) is 36.3. The molecule has 3 aromatic carbocycles. The molecule has 4 heterocycles. The summed E-state index contributed by atoms with van der Waals surface area (Å²) in [7, 11) is -4.08. The van der Waals surface area contributed by atoms with Gasteiger partial charge in [0.2, 0.25) is 15.9 Å². The van der Waals surface area contributed by atoms with E-state index >= 15 is 13.6 Å². The minimum Gasteiger partial charge on any atom is -0.344 e. The third-order valence-electron chi connectivity index (χ3n) is 11.8. The second-order valence-corrected chi connectivity index (χ2v) is 20.0. The first kappa shape index (κ1) is 43.9. The molecule has 24 heteroatoms. The Bertz CT molecular complexity index is 3310. The van der Waals surface area contributed by atoms with Crippen molar-refractivity contribution in [2.45, 2.75) is 81.7 Å². The predicted molar refractivity (Wildman–Crippen MR) is 226 cm³/mol. The van der Waals surface area contributed by atoms with Crippen LogP contribution >= 0.6 is 22.9 Å². The molecule has 0 radical (unpaired) electrons. The lowest BCUT2D eigenvalue weighted by Gasteiger charge is -2.24. The zero-order chi connectivity index (χ0) is 46.7. The molecule has 344 valence electrons. The largest absolute Gasteiger partial charge is 0.344 e. The number of aromatic nitrogens is 7. The molecule has 4 aromatic heterocycles. The van der Waals surface area contributed by atoms with Gasteiger partial charge < -0.3 is 5.32 Å². The quantitative estimate of drug-likeness (QED) is 0.103. The predicted octanol–water partition coefficient (Wildman–Crippen LogP) is 8.71. The van der Waals surface area contributed by atoms with E-state index in [1.807, 2.05) is 0 Å². The summed E-state index contributed by atoms with van der Waals surface area (Å²) in [4.78, 5) is 39.1. The molecular formula is C42H32ClF8N9O4S2. The number of hydrogen-bond donors (Lipinski definition) is 2. The van der Waals surface area contributed by atoms with Crippen LogP contribution in [-0.2, 0) is 40.3 Å². The van der Waals surface area contributed by atoms with Gasteiger partial charge in [-0.3, -0.25) is 28.2 Å². The SMILES string of the molecule is Cc1ncc(-c2ccc3c(=O)n(-c4ccc(Cl)c5c(NS(=O)(=O)C6CC6)nn(CC(F)F)c45)c([C@H](Cc4cc(F)cc(F)c4)NC(=O)Cn4nc(C(F)F)c5c4C(F)(F)[C@@H]4C[C@H]54)nc3c2)s1. The van der Waals surface area contributed by atoms with Crippen molar-refractivity contribution in [3.05, 3.63) is 115 Å². The summed E-state index contributed by atoms with van der Waals surface area (Å²) in [5.74, 6) is -9.75. The van der Waals surface area contributed by atoms with E-state index in [-0.39, 0.29) is 50.1 Å². The molecule has 7 aromatic rings. The fourth-order valence-corrected chi connectivity index (χ4v) is 11.2. The molecule has 0 unspecified atom stereocenters. The molecule has 13 nitrogen and oxygen atoms in total. The number of thiazole rings is 1. The molecule has 3 aliphatic rings. The standard InChI is InChI=1S/C42H32ClF8N9O4S2/c1-17-52-14-30(65-17)19-2-5-23-27(11-19)54-40(60(41(23)62)29-7-6-26(43)34-36(29)58(15-31(46)47)56-39(34)57-66(63,64)22-3-4-22)28(10-18-8-20(44)12-21(45)9-18)53-32(61)16-59-37-33(35(55-59)38(48)49)24-13-25(24)42(37,50)51/h2,5-9,11-12,14,22,24-25,28,31,38H,3-4,10,13,15-16H2,1H3,(H,53,61)(H,56,57)/t24-,25+,28-/m0/s1. The number of alkyl halides is 6. The molecule has 0 saturated heterocycles. The number of halogens is 9. The monoisotopic (exact) mass is 977 g/mol. The molecule has 10 rings (SSSR count). The topological polar surface area (TPSA) is 159 Å². The molecule has 3 atom stereocenters. The summed E-state index contributed by atoms with van der Waals surface area (Å²) >= 11 is 7.99. The Morgan fingerprint density at radius 3 is 2.42 bits per heavy atom. The summed E-state index contributed by atoms with van der Waals surface area (Å²) in [5.41, 5.74) is -3.04. The fourth-order valence-electron chi connectivity index (χ4n) is 8.82. The Kier molecular flexibility index (Phi) is 10.6. The Morgan fingerprint density at radius 2 is 1.76 bits per heavy atom. The van der Waals surface area contributed by atoms with Crippen LogP contribution in [0.4, 0.5) is 40.9 Å². The first-order chi connectivity index (χ1) is 31.3. The van der Waals surface area contributed by atoms with Crippen LogP contribution < -0.4 is 15.6 Å². The molecule has 2 fully saturated rings. The summed E-state index contributed by atoms with van der Waals surface area (Å²) < 4.78 is 149. The van der Waals surface area contributed by atoms with Crippen LogP contribution in [0.25, 0.3) is 37.9 Å². The maximum absolute atomic E-state index is 15.6. The van der Waals surface area contributed by atoms with E-state index in [2.05, 4.69) is 25.2 Å². The van der Waals surface area contributed by atoms with Crippen molar-refractivity contribution < 1.29 is 48.3 Å².